The Morgan fingerprint density at radius 3 is 2.90 bits per heavy atom. The summed E-state index contributed by atoms with van der Waals surface area (Å²) >= 11 is 0. The fraction of sp³-hybridized carbons (Fsp3) is 0.222. The van der Waals surface area contributed by atoms with Crippen molar-refractivity contribution in [2.24, 2.45) is 0 Å². The maximum absolute atomic E-state index is 8.81. The van der Waals surface area contributed by atoms with Crippen molar-refractivity contribution in [1.82, 2.24) is 0 Å². The van der Waals surface area contributed by atoms with Crippen molar-refractivity contribution >= 4 is 11.6 Å². The first-order valence-electron chi connectivity index (χ1n) is 6.96. The summed E-state index contributed by atoms with van der Waals surface area (Å²) in [5.41, 5.74) is 6.44. The van der Waals surface area contributed by atoms with E-state index in [1.54, 1.807) is 0 Å². The largest absolute Gasteiger partial charge is 0.492 e. The molecule has 0 saturated carbocycles. The maximum atomic E-state index is 8.81. The highest BCUT2D eigenvalue weighted by Crippen LogP contribution is 2.41. The molecule has 0 spiro atoms. The van der Waals surface area contributed by atoms with E-state index in [0.717, 1.165) is 12.2 Å². The van der Waals surface area contributed by atoms with Gasteiger partial charge < -0.3 is 9.84 Å². The fourth-order valence-corrected chi connectivity index (χ4v) is 2.78. The predicted octanol–water partition coefficient (Wildman–Crippen LogP) is 3.71. The lowest BCUT2D eigenvalue weighted by Crippen LogP contribution is -1.96. The molecule has 2 heteroatoms. The van der Waals surface area contributed by atoms with E-state index in [0.29, 0.717) is 6.61 Å². The van der Waals surface area contributed by atoms with Crippen molar-refractivity contribution in [2.75, 3.05) is 13.2 Å². The first-order valence-corrected chi connectivity index (χ1v) is 6.96. The van der Waals surface area contributed by atoms with Crippen LogP contribution in [0.4, 0.5) is 0 Å². The summed E-state index contributed by atoms with van der Waals surface area (Å²) in [5.74, 6) is 0.862. The van der Waals surface area contributed by atoms with E-state index in [2.05, 4.69) is 55.5 Å². The standard InChI is InChI=1S/C18H18O2/c1-2-16-17-6-4-3-5-13(17)12-18(16)14-7-8-15(11-14)20-10-9-19/h2-6,8,11-12,19H,7,9-10H2,1H3. The molecule has 0 bridgehead atoms. The zero-order valence-electron chi connectivity index (χ0n) is 11.6. The van der Waals surface area contributed by atoms with Gasteiger partial charge in [-0.25, -0.2) is 0 Å². The second-order valence-electron chi connectivity index (χ2n) is 4.90. The molecular weight excluding hydrogens is 248 g/mol. The Bertz CT molecular complexity index is 645. The zero-order valence-corrected chi connectivity index (χ0v) is 11.6. The Labute approximate surface area is 119 Å². The first-order chi connectivity index (χ1) is 9.83. The van der Waals surface area contributed by atoms with Crippen LogP contribution >= 0.6 is 0 Å². The Balaban J connectivity index is 1.87. The molecule has 102 valence electrons. The molecule has 0 amide bonds. The quantitative estimate of drug-likeness (QED) is 0.900. The third-order valence-corrected chi connectivity index (χ3v) is 3.68. The normalized spacial score (nSPS) is 18.7. The summed E-state index contributed by atoms with van der Waals surface area (Å²) in [4.78, 5) is 0. The Hall–Kier alpha value is -2.06. The molecule has 0 fully saturated rings. The number of allylic oxidation sites excluding steroid dienone is 6. The summed E-state index contributed by atoms with van der Waals surface area (Å²) in [7, 11) is 0. The van der Waals surface area contributed by atoms with Crippen molar-refractivity contribution in [3.8, 4) is 0 Å². The van der Waals surface area contributed by atoms with Gasteiger partial charge in [-0.3, -0.25) is 0 Å². The van der Waals surface area contributed by atoms with Crippen LogP contribution in [0.15, 0.2) is 59.4 Å². The summed E-state index contributed by atoms with van der Waals surface area (Å²) in [5, 5.41) is 8.81. The number of rotatable bonds is 4. The van der Waals surface area contributed by atoms with Crippen LogP contribution in [0.3, 0.4) is 0 Å². The Morgan fingerprint density at radius 1 is 1.25 bits per heavy atom. The van der Waals surface area contributed by atoms with Gasteiger partial charge in [0.2, 0.25) is 0 Å². The molecule has 3 rings (SSSR count). The van der Waals surface area contributed by atoms with Crippen LogP contribution in [0, 0.1) is 0 Å². The van der Waals surface area contributed by atoms with Crippen LogP contribution in [0.25, 0.3) is 11.6 Å². The highest BCUT2D eigenvalue weighted by atomic mass is 16.5. The molecule has 1 N–H and O–H groups in total. The van der Waals surface area contributed by atoms with E-state index in [1.807, 2.05) is 0 Å². The van der Waals surface area contributed by atoms with Crippen molar-refractivity contribution in [1.29, 1.82) is 0 Å². The van der Waals surface area contributed by atoms with Gasteiger partial charge in [-0.1, -0.05) is 30.3 Å². The number of hydrogen-bond acceptors (Lipinski definition) is 2. The van der Waals surface area contributed by atoms with Crippen LogP contribution in [-0.2, 0) is 4.74 Å². The minimum Gasteiger partial charge on any atom is -0.492 e. The number of ether oxygens (including phenoxy) is 1. The number of benzene rings is 1. The first kappa shape index (κ1) is 12.9. The predicted molar refractivity (Wildman–Crippen MR) is 81.9 cm³/mol. The van der Waals surface area contributed by atoms with Gasteiger partial charge in [-0.2, -0.15) is 0 Å². The van der Waals surface area contributed by atoms with Crippen LogP contribution in [0.5, 0.6) is 0 Å². The monoisotopic (exact) mass is 266 g/mol. The average Bonchev–Trinajstić information content (AvgIpc) is 3.08. The van der Waals surface area contributed by atoms with Gasteiger partial charge in [0.25, 0.3) is 0 Å². The molecule has 0 heterocycles. The van der Waals surface area contributed by atoms with Gasteiger partial charge in [-0.05, 0) is 59.4 Å². The van der Waals surface area contributed by atoms with Crippen molar-refractivity contribution in [3.63, 3.8) is 0 Å². The topological polar surface area (TPSA) is 29.5 Å². The summed E-state index contributed by atoms with van der Waals surface area (Å²) in [6.45, 7) is 2.48. The minimum absolute atomic E-state index is 0.0504. The Kier molecular flexibility index (Phi) is 3.57. The van der Waals surface area contributed by atoms with Gasteiger partial charge in [0, 0.05) is 0 Å². The van der Waals surface area contributed by atoms with Gasteiger partial charge >= 0.3 is 0 Å². The molecule has 2 aliphatic rings. The second kappa shape index (κ2) is 5.51. The molecule has 1 aromatic carbocycles. The molecule has 0 atom stereocenters. The molecule has 0 radical (unpaired) electrons. The van der Waals surface area contributed by atoms with Gasteiger partial charge in [0.15, 0.2) is 0 Å². The van der Waals surface area contributed by atoms with Gasteiger partial charge in [-0.15, -0.1) is 0 Å². The average molecular weight is 266 g/mol. The molecule has 2 nitrogen and oxygen atoms in total. The number of hydrogen-bond donors (Lipinski definition) is 1. The number of aliphatic hydroxyl groups excluding tert-OH is 1. The number of aliphatic hydroxyl groups is 1. The smallest absolute Gasteiger partial charge is 0.116 e. The second-order valence-corrected chi connectivity index (χ2v) is 4.90. The zero-order chi connectivity index (χ0) is 13.9. The van der Waals surface area contributed by atoms with Crippen LogP contribution in [-0.4, -0.2) is 18.3 Å². The van der Waals surface area contributed by atoms with Crippen molar-refractivity contribution in [2.45, 2.75) is 13.3 Å². The lowest BCUT2D eigenvalue weighted by atomic mass is 9.97. The van der Waals surface area contributed by atoms with E-state index >= 15 is 0 Å². The molecule has 0 aromatic heterocycles. The lowest BCUT2D eigenvalue weighted by Gasteiger charge is -2.07. The van der Waals surface area contributed by atoms with E-state index in [-0.39, 0.29) is 6.61 Å². The van der Waals surface area contributed by atoms with Crippen molar-refractivity contribution < 1.29 is 9.84 Å². The fourth-order valence-electron chi connectivity index (χ4n) is 2.78. The van der Waals surface area contributed by atoms with E-state index < -0.39 is 0 Å². The van der Waals surface area contributed by atoms with E-state index in [9.17, 15) is 0 Å². The Morgan fingerprint density at radius 2 is 2.10 bits per heavy atom. The van der Waals surface area contributed by atoms with E-state index in [1.165, 1.54) is 27.8 Å². The van der Waals surface area contributed by atoms with Gasteiger partial charge in [0.05, 0.1) is 6.61 Å². The summed E-state index contributed by atoms with van der Waals surface area (Å²) in [6, 6.07) is 8.47. The van der Waals surface area contributed by atoms with E-state index in [4.69, 9.17) is 9.84 Å². The van der Waals surface area contributed by atoms with Crippen LogP contribution in [0.2, 0.25) is 0 Å². The molecule has 0 unspecified atom stereocenters. The van der Waals surface area contributed by atoms with Crippen LogP contribution in [0.1, 0.15) is 24.5 Å². The van der Waals surface area contributed by atoms with Gasteiger partial charge in [0.1, 0.15) is 12.4 Å². The molecule has 20 heavy (non-hydrogen) atoms. The highest BCUT2D eigenvalue weighted by Gasteiger charge is 2.22. The third kappa shape index (κ3) is 2.23. The van der Waals surface area contributed by atoms with Crippen LogP contribution < -0.4 is 0 Å². The molecule has 0 saturated heterocycles. The SMILES string of the molecule is CC=C1C(C2=CC(OCCO)=CC2)=Cc2ccccc21. The number of fused-ring (bicyclic) bond motifs is 1. The summed E-state index contributed by atoms with van der Waals surface area (Å²) in [6.07, 6.45) is 9.46. The molecule has 1 aromatic rings. The highest BCUT2D eigenvalue weighted by molar-refractivity contribution is 5.98. The molecule has 0 aliphatic heterocycles. The molecular formula is C18H18O2. The maximum Gasteiger partial charge on any atom is 0.116 e. The molecule has 2 aliphatic carbocycles. The third-order valence-electron chi connectivity index (χ3n) is 3.68. The summed E-state index contributed by atoms with van der Waals surface area (Å²) < 4.78 is 5.48. The van der Waals surface area contributed by atoms with Crippen molar-refractivity contribution in [3.05, 3.63) is 70.5 Å². The lowest BCUT2D eigenvalue weighted by molar-refractivity contribution is 0.152. The minimum atomic E-state index is 0.0504.